The van der Waals surface area contributed by atoms with Gasteiger partial charge in [-0.15, -0.1) is 0 Å². The maximum absolute atomic E-state index is 13.6. The van der Waals surface area contributed by atoms with E-state index in [1.807, 2.05) is 24.3 Å². The van der Waals surface area contributed by atoms with Crippen molar-refractivity contribution in [1.82, 2.24) is 14.8 Å². The molecule has 39 heavy (non-hydrogen) atoms. The van der Waals surface area contributed by atoms with Crippen molar-refractivity contribution in [2.45, 2.75) is 51.0 Å². The lowest BCUT2D eigenvalue weighted by Gasteiger charge is -2.25. The number of nitrogens with zero attached hydrogens (tertiary/aromatic N) is 4. The van der Waals surface area contributed by atoms with Crippen molar-refractivity contribution in [3.63, 3.8) is 0 Å². The quantitative estimate of drug-likeness (QED) is 0.183. The Kier molecular flexibility index (Phi) is 9.91. The lowest BCUT2D eigenvalue weighted by Crippen LogP contribution is -2.45. The van der Waals surface area contributed by atoms with Crippen molar-refractivity contribution in [2.24, 2.45) is 10.9 Å². The second-order valence-electron chi connectivity index (χ2n) is 9.91. The van der Waals surface area contributed by atoms with Gasteiger partial charge in [-0.25, -0.2) is 0 Å². The zero-order chi connectivity index (χ0) is 27.6. The molecule has 2 aromatic rings. The van der Waals surface area contributed by atoms with E-state index in [1.165, 1.54) is 0 Å². The first-order chi connectivity index (χ1) is 19.0. The fourth-order valence-corrected chi connectivity index (χ4v) is 4.96. The van der Waals surface area contributed by atoms with E-state index < -0.39 is 17.9 Å². The number of nitriles is 1. The van der Waals surface area contributed by atoms with Gasteiger partial charge in [-0.05, 0) is 57.1 Å². The van der Waals surface area contributed by atoms with Crippen LogP contribution in [0, 0.1) is 17.2 Å². The molecule has 11 nitrogen and oxygen atoms in total. The SMILES string of the molecule is N#CC(C(=O)OCCCCO)C(=N[C@H]1CCCCN(CC(=O)N2CCCC2)C1=O)Nc1cccc2cc[nH]c12. The van der Waals surface area contributed by atoms with Gasteiger partial charge < -0.3 is 29.9 Å². The smallest absolute Gasteiger partial charge is 0.331 e. The van der Waals surface area contributed by atoms with E-state index in [2.05, 4.69) is 15.3 Å². The van der Waals surface area contributed by atoms with E-state index in [9.17, 15) is 19.6 Å². The summed E-state index contributed by atoms with van der Waals surface area (Å²) in [4.78, 5) is 50.5. The van der Waals surface area contributed by atoms with E-state index in [0.29, 0.717) is 44.6 Å². The number of aromatic amines is 1. The summed E-state index contributed by atoms with van der Waals surface area (Å²) in [6.07, 6.45) is 6.57. The standard InChI is InChI=1S/C28H36N6O5/c29-18-21(28(38)39-17-6-5-16-35)26(31-22-10-7-8-20-11-12-30-25(20)22)32-23-9-1-2-15-34(27(23)37)19-24(36)33-13-3-4-14-33/h7-8,10-12,21,23,30,35H,1-6,9,13-17,19H2,(H,31,32)/t21?,23-/m0/s1. The van der Waals surface area contributed by atoms with Crippen molar-refractivity contribution >= 4 is 40.2 Å². The molecule has 3 heterocycles. The third kappa shape index (κ3) is 7.15. The molecule has 0 aliphatic carbocycles. The zero-order valence-corrected chi connectivity index (χ0v) is 22.1. The molecule has 0 radical (unpaired) electrons. The number of aromatic nitrogens is 1. The number of unbranched alkanes of at least 4 members (excludes halogenated alkanes) is 1. The summed E-state index contributed by atoms with van der Waals surface area (Å²) in [5.74, 6) is -2.49. The second kappa shape index (κ2) is 13.8. The van der Waals surface area contributed by atoms with E-state index >= 15 is 0 Å². The number of aliphatic hydroxyl groups excluding tert-OH is 1. The second-order valence-corrected chi connectivity index (χ2v) is 9.91. The summed E-state index contributed by atoms with van der Waals surface area (Å²) in [5.41, 5.74) is 1.37. The summed E-state index contributed by atoms with van der Waals surface area (Å²) in [7, 11) is 0. The number of carbonyl (C=O) groups excluding carboxylic acids is 3. The van der Waals surface area contributed by atoms with Gasteiger partial charge in [0.25, 0.3) is 0 Å². The first-order valence-corrected chi connectivity index (χ1v) is 13.7. The highest BCUT2D eigenvalue weighted by atomic mass is 16.5. The molecule has 208 valence electrons. The number of aliphatic imine (C=N–C) groups is 1. The van der Waals surface area contributed by atoms with Gasteiger partial charge in [0.2, 0.25) is 17.7 Å². The number of H-pyrrole nitrogens is 1. The maximum Gasteiger partial charge on any atom is 0.331 e. The van der Waals surface area contributed by atoms with Gasteiger partial charge in [-0.3, -0.25) is 19.4 Å². The predicted molar refractivity (Wildman–Crippen MR) is 146 cm³/mol. The van der Waals surface area contributed by atoms with Crippen molar-refractivity contribution in [3.05, 3.63) is 30.5 Å². The monoisotopic (exact) mass is 536 g/mol. The molecular formula is C28H36N6O5. The minimum Gasteiger partial charge on any atom is -0.464 e. The number of rotatable bonds is 10. The Morgan fingerprint density at radius 1 is 1.18 bits per heavy atom. The van der Waals surface area contributed by atoms with Gasteiger partial charge in [0.15, 0.2) is 0 Å². The molecule has 2 aliphatic heterocycles. The number of benzene rings is 1. The van der Waals surface area contributed by atoms with Crippen LogP contribution in [-0.2, 0) is 19.1 Å². The van der Waals surface area contributed by atoms with Gasteiger partial charge in [-0.2, -0.15) is 5.26 Å². The molecule has 2 fully saturated rings. The molecule has 1 aromatic heterocycles. The summed E-state index contributed by atoms with van der Waals surface area (Å²) >= 11 is 0. The number of ether oxygens (including phenoxy) is 1. The van der Waals surface area contributed by atoms with Crippen LogP contribution in [0.5, 0.6) is 0 Å². The fraction of sp³-hybridized carbons (Fsp3) is 0.536. The van der Waals surface area contributed by atoms with Gasteiger partial charge in [0, 0.05) is 37.8 Å². The van der Waals surface area contributed by atoms with Crippen LogP contribution in [0.15, 0.2) is 35.5 Å². The topological polar surface area (TPSA) is 151 Å². The number of hydrogen-bond donors (Lipinski definition) is 3. The van der Waals surface area contributed by atoms with E-state index in [4.69, 9.17) is 9.84 Å². The molecule has 11 heteroatoms. The van der Waals surface area contributed by atoms with Crippen LogP contribution in [0.2, 0.25) is 0 Å². The molecule has 2 aliphatic rings. The summed E-state index contributed by atoms with van der Waals surface area (Å²) < 4.78 is 5.31. The van der Waals surface area contributed by atoms with Crippen molar-refractivity contribution in [2.75, 3.05) is 44.7 Å². The van der Waals surface area contributed by atoms with Crippen LogP contribution in [0.25, 0.3) is 10.9 Å². The van der Waals surface area contributed by atoms with Crippen LogP contribution in [0.4, 0.5) is 5.69 Å². The number of amides is 2. The minimum absolute atomic E-state index is 0.00394. The lowest BCUT2D eigenvalue weighted by molar-refractivity contribution is -0.144. The number of amidine groups is 1. The number of aliphatic hydroxyl groups is 1. The maximum atomic E-state index is 13.6. The van der Waals surface area contributed by atoms with E-state index in [0.717, 1.165) is 36.6 Å². The zero-order valence-electron chi connectivity index (χ0n) is 22.1. The highest BCUT2D eigenvalue weighted by molar-refractivity contribution is 6.13. The van der Waals surface area contributed by atoms with E-state index in [1.54, 1.807) is 22.1 Å². The van der Waals surface area contributed by atoms with Crippen LogP contribution in [0.1, 0.15) is 44.9 Å². The molecule has 1 unspecified atom stereocenters. The van der Waals surface area contributed by atoms with Gasteiger partial charge >= 0.3 is 5.97 Å². The highest BCUT2D eigenvalue weighted by Gasteiger charge is 2.33. The van der Waals surface area contributed by atoms with Crippen molar-refractivity contribution in [3.8, 4) is 6.07 Å². The number of likely N-dealkylation sites (tertiary alicyclic amines) is 2. The number of nitrogens with one attached hydrogen (secondary N) is 2. The van der Waals surface area contributed by atoms with E-state index in [-0.39, 0.29) is 37.4 Å². The first-order valence-electron chi connectivity index (χ1n) is 13.7. The molecule has 2 atom stereocenters. The summed E-state index contributed by atoms with van der Waals surface area (Å²) in [5, 5.41) is 23.1. The number of anilines is 1. The molecule has 4 rings (SSSR count). The van der Waals surface area contributed by atoms with Crippen molar-refractivity contribution in [1.29, 1.82) is 5.26 Å². The Morgan fingerprint density at radius 3 is 2.74 bits per heavy atom. The summed E-state index contributed by atoms with van der Waals surface area (Å²) in [6.45, 7) is 1.93. The van der Waals surface area contributed by atoms with Crippen LogP contribution in [-0.4, -0.2) is 88.9 Å². The number of hydrogen-bond acceptors (Lipinski definition) is 7. The Labute approximate surface area is 227 Å². The van der Waals surface area contributed by atoms with Crippen LogP contribution >= 0.6 is 0 Å². The lowest BCUT2D eigenvalue weighted by atomic mass is 10.1. The number of esters is 1. The number of carbonyl (C=O) groups is 3. The normalized spacial score (nSPS) is 19.0. The molecule has 0 bridgehead atoms. The van der Waals surface area contributed by atoms with Crippen LogP contribution < -0.4 is 5.32 Å². The average molecular weight is 537 g/mol. The molecule has 0 spiro atoms. The number of fused-ring (bicyclic) bond motifs is 1. The summed E-state index contributed by atoms with van der Waals surface area (Å²) in [6, 6.07) is 8.61. The minimum atomic E-state index is -1.39. The highest BCUT2D eigenvalue weighted by Crippen LogP contribution is 2.24. The van der Waals surface area contributed by atoms with Crippen molar-refractivity contribution < 1.29 is 24.2 Å². The molecule has 1 aromatic carbocycles. The Balaban J connectivity index is 1.60. The Morgan fingerprint density at radius 2 is 1.97 bits per heavy atom. The van der Waals surface area contributed by atoms with Crippen LogP contribution in [0.3, 0.4) is 0 Å². The fourth-order valence-electron chi connectivity index (χ4n) is 4.96. The predicted octanol–water partition coefficient (Wildman–Crippen LogP) is 2.44. The molecule has 2 saturated heterocycles. The molecular weight excluding hydrogens is 500 g/mol. The number of para-hydroxylation sites is 1. The largest absolute Gasteiger partial charge is 0.464 e. The third-order valence-electron chi connectivity index (χ3n) is 7.12. The molecule has 0 saturated carbocycles. The van der Waals surface area contributed by atoms with Gasteiger partial charge in [-0.1, -0.05) is 12.1 Å². The third-order valence-corrected chi connectivity index (χ3v) is 7.12. The molecule has 3 N–H and O–H groups in total. The Hall–Kier alpha value is -3.91. The average Bonchev–Trinajstić information content (AvgIpc) is 3.62. The first kappa shape index (κ1) is 28.1. The molecule has 2 amide bonds. The Bertz CT molecular complexity index is 1230. The van der Waals surface area contributed by atoms with Gasteiger partial charge in [0.1, 0.15) is 11.9 Å². The van der Waals surface area contributed by atoms with Gasteiger partial charge in [0.05, 0.1) is 30.4 Å².